The van der Waals surface area contributed by atoms with E-state index in [9.17, 15) is 14.9 Å². The van der Waals surface area contributed by atoms with E-state index in [-0.39, 0.29) is 10.8 Å². The summed E-state index contributed by atoms with van der Waals surface area (Å²) in [6, 6.07) is 5.23. The number of rotatable bonds is 4. The van der Waals surface area contributed by atoms with E-state index in [1.54, 1.807) is 12.0 Å². The summed E-state index contributed by atoms with van der Waals surface area (Å²) in [4.78, 5) is 27.7. The molecular weight excluding hydrogens is 322 g/mol. The summed E-state index contributed by atoms with van der Waals surface area (Å²) < 4.78 is 5.30. The number of nitro groups is 1. The van der Waals surface area contributed by atoms with Gasteiger partial charge in [0.25, 0.3) is 0 Å². The molecule has 0 spiro atoms. The van der Waals surface area contributed by atoms with Crippen LogP contribution in [-0.2, 0) is 4.79 Å². The maximum absolute atomic E-state index is 12.3. The molecule has 1 amide bonds. The van der Waals surface area contributed by atoms with Gasteiger partial charge in [0.05, 0.1) is 7.11 Å². The molecule has 1 saturated carbocycles. The van der Waals surface area contributed by atoms with Crippen LogP contribution in [0.15, 0.2) is 30.5 Å². The van der Waals surface area contributed by atoms with Gasteiger partial charge < -0.3 is 14.6 Å². The zero-order chi connectivity index (χ0) is 17.6. The summed E-state index contributed by atoms with van der Waals surface area (Å²) in [7, 11) is 1.65. The third-order valence-electron chi connectivity index (χ3n) is 5.10. The second-order valence-electron chi connectivity index (χ2n) is 6.57. The Labute approximate surface area is 144 Å². The van der Waals surface area contributed by atoms with Gasteiger partial charge in [0.2, 0.25) is 11.9 Å². The van der Waals surface area contributed by atoms with Crippen LogP contribution < -0.4 is 4.74 Å². The maximum Gasteiger partial charge on any atom is 0.233 e. The largest absolute Gasteiger partial charge is 0.497 e. The fraction of sp³-hybridized carbons (Fsp3) is 0.389. The molecular formula is C18H19N3O4. The number of aromatic nitrogens is 1. The molecule has 0 saturated heterocycles. The number of aromatic amines is 1. The van der Waals surface area contributed by atoms with Gasteiger partial charge in [-0.05, 0) is 30.2 Å². The highest BCUT2D eigenvalue weighted by Crippen LogP contribution is 2.36. The van der Waals surface area contributed by atoms with Crippen LogP contribution in [0.25, 0.3) is 16.5 Å². The first-order chi connectivity index (χ1) is 12.1. The van der Waals surface area contributed by atoms with E-state index in [0.717, 1.165) is 28.6 Å². The molecule has 4 rings (SSSR count). The van der Waals surface area contributed by atoms with Crippen molar-refractivity contribution in [1.82, 2.24) is 9.88 Å². The molecule has 1 aliphatic carbocycles. The van der Waals surface area contributed by atoms with Crippen molar-refractivity contribution in [3.8, 4) is 5.75 Å². The number of ether oxygens (including phenoxy) is 1. The van der Waals surface area contributed by atoms with Crippen LogP contribution in [0.5, 0.6) is 5.75 Å². The molecule has 7 nitrogen and oxygen atoms in total. The average molecular weight is 341 g/mol. The standard InChI is InChI=1S/C18H19N3O4/c1-25-12-2-3-16-13(8-12)15(10-19-16)11-4-6-20(7-5-11)18(22)14-9-17(14)21(23)24/h2-4,8,10,14,17,19H,5-7,9H2,1H3/t14-,17-/m0/s1. The summed E-state index contributed by atoms with van der Waals surface area (Å²) in [5.41, 5.74) is 3.35. The number of amides is 1. The van der Waals surface area contributed by atoms with Crippen molar-refractivity contribution in [2.45, 2.75) is 18.9 Å². The lowest BCUT2D eigenvalue weighted by Crippen LogP contribution is -2.36. The van der Waals surface area contributed by atoms with Crippen molar-refractivity contribution in [2.75, 3.05) is 20.2 Å². The smallest absolute Gasteiger partial charge is 0.233 e. The van der Waals surface area contributed by atoms with Crippen LogP contribution in [0, 0.1) is 16.0 Å². The fourth-order valence-electron chi connectivity index (χ4n) is 3.52. The van der Waals surface area contributed by atoms with Gasteiger partial charge in [-0.1, -0.05) is 6.08 Å². The molecule has 2 heterocycles. The van der Waals surface area contributed by atoms with Crippen LogP contribution in [0.2, 0.25) is 0 Å². The topological polar surface area (TPSA) is 88.5 Å². The lowest BCUT2D eigenvalue weighted by molar-refractivity contribution is -0.497. The Morgan fingerprint density at radius 2 is 2.28 bits per heavy atom. The van der Waals surface area contributed by atoms with E-state index in [4.69, 9.17) is 4.74 Å². The number of carbonyl (C=O) groups excluding carboxylic acids is 1. The highest BCUT2D eigenvalue weighted by molar-refractivity contribution is 5.94. The Balaban J connectivity index is 1.51. The van der Waals surface area contributed by atoms with Crippen LogP contribution in [0.1, 0.15) is 18.4 Å². The van der Waals surface area contributed by atoms with E-state index in [1.165, 1.54) is 5.57 Å². The number of hydrogen-bond acceptors (Lipinski definition) is 4. The van der Waals surface area contributed by atoms with Gasteiger partial charge in [-0.2, -0.15) is 0 Å². The van der Waals surface area contributed by atoms with Crippen molar-refractivity contribution in [3.63, 3.8) is 0 Å². The van der Waals surface area contributed by atoms with Gasteiger partial charge in [0.15, 0.2) is 0 Å². The SMILES string of the molecule is COc1ccc2[nH]cc(C3=CCN(C(=O)[C@H]4C[C@@H]4[N+](=O)[O-])CC3)c2c1. The normalized spacial score (nSPS) is 22.6. The first-order valence-electron chi connectivity index (χ1n) is 8.35. The maximum atomic E-state index is 12.3. The number of nitrogens with one attached hydrogen (secondary N) is 1. The highest BCUT2D eigenvalue weighted by atomic mass is 16.6. The van der Waals surface area contributed by atoms with E-state index in [1.807, 2.05) is 30.5 Å². The van der Waals surface area contributed by atoms with Crippen molar-refractivity contribution < 1.29 is 14.5 Å². The quantitative estimate of drug-likeness (QED) is 0.683. The number of fused-ring (bicyclic) bond motifs is 1. The molecule has 0 radical (unpaired) electrons. The van der Waals surface area contributed by atoms with E-state index in [0.29, 0.717) is 19.5 Å². The molecule has 2 atom stereocenters. The second kappa shape index (κ2) is 5.91. The molecule has 2 aromatic rings. The number of methoxy groups -OCH3 is 1. The van der Waals surface area contributed by atoms with Crippen molar-refractivity contribution in [3.05, 3.63) is 46.1 Å². The molecule has 1 aromatic carbocycles. The van der Waals surface area contributed by atoms with E-state index >= 15 is 0 Å². The lowest BCUT2D eigenvalue weighted by Gasteiger charge is -2.26. The molecule has 1 aromatic heterocycles. The summed E-state index contributed by atoms with van der Waals surface area (Å²) in [6.45, 7) is 1.11. The average Bonchev–Trinajstić information content (AvgIpc) is 3.34. The predicted molar refractivity (Wildman–Crippen MR) is 92.9 cm³/mol. The minimum Gasteiger partial charge on any atom is -0.497 e. The van der Waals surface area contributed by atoms with Gasteiger partial charge in [0.1, 0.15) is 11.7 Å². The molecule has 2 aliphatic rings. The number of carbonyl (C=O) groups is 1. The zero-order valence-electron chi connectivity index (χ0n) is 13.9. The Bertz CT molecular complexity index is 886. The molecule has 1 aliphatic heterocycles. The summed E-state index contributed by atoms with van der Waals surface area (Å²) in [5.74, 6) is 0.293. The highest BCUT2D eigenvalue weighted by Gasteiger charge is 2.54. The van der Waals surface area contributed by atoms with Crippen LogP contribution in [0.4, 0.5) is 0 Å². The fourth-order valence-corrected chi connectivity index (χ4v) is 3.52. The Morgan fingerprint density at radius 3 is 2.92 bits per heavy atom. The monoisotopic (exact) mass is 341 g/mol. The van der Waals surface area contributed by atoms with Gasteiger partial charge in [-0.25, -0.2) is 0 Å². The third kappa shape index (κ3) is 2.75. The van der Waals surface area contributed by atoms with Gasteiger partial charge in [0, 0.05) is 47.1 Å². The van der Waals surface area contributed by atoms with E-state index < -0.39 is 12.0 Å². The van der Waals surface area contributed by atoms with Gasteiger partial charge in [-0.3, -0.25) is 14.9 Å². The Morgan fingerprint density at radius 1 is 1.44 bits per heavy atom. The number of benzene rings is 1. The van der Waals surface area contributed by atoms with Gasteiger partial charge >= 0.3 is 0 Å². The first-order valence-corrected chi connectivity index (χ1v) is 8.35. The molecule has 25 heavy (non-hydrogen) atoms. The molecule has 7 heteroatoms. The Hall–Kier alpha value is -2.83. The Kier molecular flexibility index (Phi) is 3.71. The minimum absolute atomic E-state index is 0.0856. The summed E-state index contributed by atoms with van der Waals surface area (Å²) in [6.07, 6.45) is 5.15. The number of H-pyrrole nitrogens is 1. The number of hydrogen-bond donors (Lipinski definition) is 1. The number of nitrogens with zero attached hydrogens (tertiary/aromatic N) is 2. The molecule has 0 bridgehead atoms. The van der Waals surface area contributed by atoms with Crippen molar-refractivity contribution >= 4 is 22.4 Å². The minimum atomic E-state index is -0.682. The summed E-state index contributed by atoms with van der Waals surface area (Å²) in [5, 5.41) is 11.9. The van der Waals surface area contributed by atoms with Crippen molar-refractivity contribution in [2.24, 2.45) is 5.92 Å². The van der Waals surface area contributed by atoms with Crippen molar-refractivity contribution in [1.29, 1.82) is 0 Å². The molecule has 1 N–H and O–H groups in total. The second-order valence-corrected chi connectivity index (χ2v) is 6.57. The van der Waals surface area contributed by atoms with Crippen LogP contribution >= 0.6 is 0 Å². The molecule has 130 valence electrons. The predicted octanol–water partition coefficient (Wildman–Crippen LogP) is 2.46. The molecule has 1 fully saturated rings. The lowest BCUT2D eigenvalue weighted by atomic mass is 9.98. The molecule has 0 unspecified atom stereocenters. The zero-order valence-corrected chi connectivity index (χ0v) is 13.9. The van der Waals surface area contributed by atoms with Crippen LogP contribution in [-0.4, -0.2) is 47.0 Å². The van der Waals surface area contributed by atoms with Crippen LogP contribution in [0.3, 0.4) is 0 Å². The van der Waals surface area contributed by atoms with E-state index in [2.05, 4.69) is 4.98 Å². The van der Waals surface area contributed by atoms with Gasteiger partial charge in [-0.15, -0.1) is 0 Å². The summed E-state index contributed by atoms with van der Waals surface area (Å²) >= 11 is 0. The first kappa shape index (κ1) is 15.7. The third-order valence-corrected chi connectivity index (χ3v) is 5.10.